The highest BCUT2D eigenvalue weighted by molar-refractivity contribution is 5.55. The molecule has 1 aliphatic rings. The molecular formula is C23H27N5. The van der Waals surface area contributed by atoms with Crippen molar-refractivity contribution in [1.82, 2.24) is 14.9 Å². The van der Waals surface area contributed by atoms with Crippen LogP contribution in [0.2, 0.25) is 0 Å². The number of hydrogen-bond donors (Lipinski definition) is 2. The summed E-state index contributed by atoms with van der Waals surface area (Å²) >= 11 is 0. The summed E-state index contributed by atoms with van der Waals surface area (Å²) in [5, 5.41) is 6.91. The molecule has 0 unspecified atom stereocenters. The number of para-hydroxylation sites is 1. The van der Waals surface area contributed by atoms with E-state index in [-0.39, 0.29) is 0 Å². The Bertz CT molecular complexity index is 874. The van der Waals surface area contributed by atoms with Crippen LogP contribution in [-0.2, 0) is 6.54 Å². The van der Waals surface area contributed by atoms with Gasteiger partial charge in [-0.1, -0.05) is 48.5 Å². The molecule has 1 saturated heterocycles. The van der Waals surface area contributed by atoms with Crippen LogP contribution in [0, 0.1) is 6.92 Å². The van der Waals surface area contributed by atoms with Crippen molar-refractivity contribution < 1.29 is 0 Å². The lowest BCUT2D eigenvalue weighted by Crippen LogP contribution is -2.38. The van der Waals surface area contributed by atoms with Gasteiger partial charge < -0.3 is 10.6 Å². The van der Waals surface area contributed by atoms with E-state index in [1.165, 1.54) is 5.56 Å². The third-order valence-corrected chi connectivity index (χ3v) is 5.18. The van der Waals surface area contributed by atoms with Gasteiger partial charge in [0, 0.05) is 43.1 Å². The van der Waals surface area contributed by atoms with Gasteiger partial charge in [0.25, 0.3) is 0 Å². The van der Waals surface area contributed by atoms with Gasteiger partial charge in [0.1, 0.15) is 5.82 Å². The van der Waals surface area contributed by atoms with Gasteiger partial charge >= 0.3 is 0 Å². The van der Waals surface area contributed by atoms with Crippen LogP contribution in [0.1, 0.15) is 24.0 Å². The molecule has 5 heteroatoms. The molecule has 0 amide bonds. The maximum absolute atomic E-state index is 4.70. The van der Waals surface area contributed by atoms with Gasteiger partial charge in [-0.15, -0.1) is 0 Å². The average Bonchev–Trinajstić information content (AvgIpc) is 2.73. The van der Waals surface area contributed by atoms with Crippen LogP contribution in [0.25, 0.3) is 0 Å². The van der Waals surface area contributed by atoms with Gasteiger partial charge in [0.2, 0.25) is 5.95 Å². The maximum atomic E-state index is 4.70. The number of likely N-dealkylation sites (tertiary alicyclic amines) is 1. The predicted molar refractivity (Wildman–Crippen MR) is 115 cm³/mol. The smallest absolute Gasteiger partial charge is 0.229 e. The molecule has 3 aromatic rings. The van der Waals surface area contributed by atoms with E-state index in [1.807, 2.05) is 36.5 Å². The van der Waals surface area contributed by atoms with Gasteiger partial charge in [0.15, 0.2) is 0 Å². The Morgan fingerprint density at radius 1 is 0.964 bits per heavy atom. The van der Waals surface area contributed by atoms with Crippen LogP contribution in [-0.4, -0.2) is 34.0 Å². The van der Waals surface area contributed by atoms with Crippen molar-refractivity contribution in [1.29, 1.82) is 0 Å². The number of rotatable bonds is 6. The molecule has 1 aliphatic heterocycles. The summed E-state index contributed by atoms with van der Waals surface area (Å²) in [4.78, 5) is 11.6. The van der Waals surface area contributed by atoms with Gasteiger partial charge in [-0.2, -0.15) is 4.98 Å². The van der Waals surface area contributed by atoms with Gasteiger partial charge in [-0.05, 0) is 37.5 Å². The second-order valence-corrected chi connectivity index (χ2v) is 7.40. The summed E-state index contributed by atoms with van der Waals surface area (Å²) in [6.45, 7) is 5.29. The zero-order chi connectivity index (χ0) is 19.2. The SMILES string of the molecule is Cc1cnc(Nc2ccccc2)nc1NC1CCN(Cc2ccccc2)CC1. The summed E-state index contributed by atoms with van der Waals surface area (Å²) in [7, 11) is 0. The molecule has 0 atom stereocenters. The Balaban J connectivity index is 1.34. The Hall–Kier alpha value is -2.92. The molecule has 0 spiro atoms. The summed E-state index contributed by atoms with van der Waals surface area (Å²) in [5.41, 5.74) is 3.45. The molecule has 2 N–H and O–H groups in total. The number of benzene rings is 2. The number of nitrogens with one attached hydrogen (secondary N) is 2. The second-order valence-electron chi connectivity index (χ2n) is 7.40. The first-order valence-corrected chi connectivity index (χ1v) is 9.95. The first kappa shape index (κ1) is 18.4. The number of aromatic nitrogens is 2. The third kappa shape index (κ3) is 4.87. The van der Waals surface area contributed by atoms with E-state index in [0.717, 1.165) is 49.5 Å². The van der Waals surface area contributed by atoms with Crippen LogP contribution >= 0.6 is 0 Å². The molecular weight excluding hydrogens is 346 g/mol. The zero-order valence-corrected chi connectivity index (χ0v) is 16.3. The molecule has 4 rings (SSSR count). The van der Waals surface area contributed by atoms with E-state index in [2.05, 4.69) is 57.8 Å². The number of hydrogen-bond acceptors (Lipinski definition) is 5. The minimum Gasteiger partial charge on any atom is -0.367 e. The fourth-order valence-corrected chi connectivity index (χ4v) is 3.57. The number of nitrogens with zero attached hydrogens (tertiary/aromatic N) is 3. The Kier molecular flexibility index (Phi) is 5.83. The lowest BCUT2D eigenvalue weighted by Gasteiger charge is -2.32. The summed E-state index contributed by atoms with van der Waals surface area (Å²) in [6.07, 6.45) is 4.13. The van der Waals surface area contributed by atoms with Gasteiger partial charge in [-0.3, -0.25) is 4.90 Å². The lowest BCUT2D eigenvalue weighted by atomic mass is 10.0. The Labute approximate surface area is 166 Å². The van der Waals surface area contributed by atoms with Crippen LogP contribution in [0.4, 0.5) is 17.5 Å². The van der Waals surface area contributed by atoms with E-state index in [1.54, 1.807) is 0 Å². The largest absolute Gasteiger partial charge is 0.367 e. The molecule has 0 aliphatic carbocycles. The first-order chi connectivity index (χ1) is 13.8. The van der Waals surface area contributed by atoms with E-state index < -0.39 is 0 Å². The van der Waals surface area contributed by atoms with Crippen molar-refractivity contribution in [3.8, 4) is 0 Å². The number of anilines is 3. The third-order valence-electron chi connectivity index (χ3n) is 5.18. The first-order valence-electron chi connectivity index (χ1n) is 9.95. The Morgan fingerprint density at radius 3 is 2.36 bits per heavy atom. The quantitative estimate of drug-likeness (QED) is 0.661. The average molecular weight is 374 g/mol. The summed E-state index contributed by atoms with van der Waals surface area (Å²) in [5.74, 6) is 1.55. The van der Waals surface area contributed by atoms with Crippen molar-refractivity contribution in [3.63, 3.8) is 0 Å². The van der Waals surface area contributed by atoms with Crippen molar-refractivity contribution >= 4 is 17.5 Å². The van der Waals surface area contributed by atoms with Crippen molar-refractivity contribution in [2.45, 2.75) is 32.4 Å². The fourth-order valence-electron chi connectivity index (χ4n) is 3.57. The molecule has 1 fully saturated rings. The topological polar surface area (TPSA) is 53.1 Å². The number of aryl methyl sites for hydroxylation is 1. The van der Waals surface area contributed by atoms with E-state index in [4.69, 9.17) is 4.98 Å². The summed E-state index contributed by atoms with van der Waals surface area (Å²) < 4.78 is 0. The molecule has 0 radical (unpaired) electrons. The van der Waals surface area contributed by atoms with Gasteiger partial charge in [-0.25, -0.2) is 4.98 Å². The molecule has 0 bridgehead atoms. The molecule has 1 aromatic heterocycles. The van der Waals surface area contributed by atoms with Crippen LogP contribution < -0.4 is 10.6 Å². The molecule has 0 saturated carbocycles. The van der Waals surface area contributed by atoms with Crippen molar-refractivity contribution in [3.05, 3.63) is 78.0 Å². The number of piperidine rings is 1. The minimum absolute atomic E-state index is 0.449. The van der Waals surface area contributed by atoms with Crippen molar-refractivity contribution in [2.75, 3.05) is 23.7 Å². The lowest BCUT2D eigenvalue weighted by molar-refractivity contribution is 0.211. The predicted octanol–water partition coefficient (Wildman–Crippen LogP) is 4.61. The molecule has 144 valence electrons. The normalized spacial score (nSPS) is 15.3. The Morgan fingerprint density at radius 2 is 1.64 bits per heavy atom. The highest BCUT2D eigenvalue weighted by Crippen LogP contribution is 2.21. The summed E-state index contributed by atoms with van der Waals surface area (Å²) in [6, 6.07) is 21.2. The fraction of sp³-hybridized carbons (Fsp3) is 0.304. The second kappa shape index (κ2) is 8.85. The van der Waals surface area contributed by atoms with E-state index in [0.29, 0.717) is 12.0 Å². The van der Waals surface area contributed by atoms with Crippen molar-refractivity contribution in [2.24, 2.45) is 0 Å². The standard InChI is InChI=1S/C23H27N5/c1-18-16-24-23(26-20-10-6-3-7-11-20)27-22(18)25-21-12-14-28(15-13-21)17-19-8-4-2-5-9-19/h2-11,16,21H,12-15,17H2,1H3,(H2,24,25,26,27). The molecule has 5 nitrogen and oxygen atoms in total. The van der Waals surface area contributed by atoms with Crippen LogP contribution in [0.3, 0.4) is 0 Å². The molecule has 2 heterocycles. The highest BCUT2D eigenvalue weighted by Gasteiger charge is 2.20. The minimum atomic E-state index is 0.449. The van der Waals surface area contributed by atoms with E-state index >= 15 is 0 Å². The monoisotopic (exact) mass is 373 g/mol. The molecule has 2 aromatic carbocycles. The van der Waals surface area contributed by atoms with Gasteiger partial charge in [0.05, 0.1) is 0 Å². The maximum Gasteiger partial charge on any atom is 0.229 e. The van der Waals surface area contributed by atoms with Crippen LogP contribution in [0.5, 0.6) is 0 Å². The highest BCUT2D eigenvalue weighted by atomic mass is 15.2. The zero-order valence-electron chi connectivity index (χ0n) is 16.3. The molecule has 28 heavy (non-hydrogen) atoms. The van der Waals surface area contributed by atoms with Crippen LogP contribution in [0.15, 0.2) is 66.9 Å². The van der Waals surface area contributed by atoms with E-state index in [9.17, 15) is 0 Å².